The lowest BCUT2D eigenvalue weighted by Gasteiger charge is -2.20. The van der Waals surface area contributed by atoms with E-state index < -0.39 is 0 Å². The van der Waals surface area contributed by atoms with Crippen LogP contribution in [0.15, 0.2) is 0 Å². The lowest BCUT2D eigenvalue weighted by atomic mass is 9.95. The monoisotopic (exact) mass is 110 g/mol. The van der Waals surface area contributed by atoms with Gasteiger partial charge in [0.05, 0.1) is 0 Å². The van der Waals surface area contributed by atoms with Gasteiger partial charge in [-0.3, -0.25) is 0 Å². The molecule has 1 radical (unpaired) electrons. The van der Waals surface area contributed by atoms with Gasteiger partial charge >= 0.3 is 0 Å². The fourth-order valence-corrected chi connectivity index (χ4v) is 1.46. The number of rotatable bonds is 0. The van der Waals surface area contributed by atoms with Crippen molar-refractivity contribution in [1.82, 2.24) is 5.32 Å². The lowest BCUT2D eigenvalue weighted by molar-refractivity contribution is 0.391. The van der Waals surface area contributed by atoms with Gasteiger partial charge in [-0.15, -0.1) is 0 Å². The zero-order valence-corrected chi connectivity index (χ0v) is 5.11. The van der Waals surface area contributed by atoms with Gasteiger partial charge < -0.3 is 5.32 Å². The number of piperidine rings is 1. The van der Waals surface area contributed by atoms with Crippen molar-refractivity contribution in [2.45, 2.75) is 25.7 Å². The average Bonchev–Trinajstić information content (AvgIpc) is 2.52. The highest BCUT2D eigenvalue weighted by Gasteiger charge is 2.42. The van der Waals surface area contributed by atoms with Crippen molar-refractivity contribution in [2.24, 2.45) is 5.41 Å². The van der Waals surface area contributed by atoms with Crippen LogP contribution in [0.1, 0.15) is 25.7 Å². The first kappa shape index (κ1) is 4.80. The summed E-state index contributed by atoms with van der Waals surface area (Å²) in [5.74, 6) is 0. The Hall–Kier alpha value is -0.0400. The third-order valence-corrected chi connectivity index (χ3v) is 2.44. The van der Waals surface area contributed by atoms with E-state index in [4.69, 9.17) is 0 Å². The van der Waals surface area contributed by atoms with Crippen LogP contribution in [0.3, 0.4) is 0 Å². The minimum atomic E-state index is 0.811. The minimum Gasteiger partial charge on any atom is -0.312 e. The molecule has 0 aromatic rings. The molecule has 1 aliphatic carbocycles. The predicted molar refractivity (Wildman–Crippen MR) is 33.2 cm³/mol. The number of hydrogen-bond acceptors (Lipinski definition) is 1. The van der Waals surface area contributed by atoms with Crippen molar-refractivity contribution in [3.8, 4) is 0 Å². The Morgan fingerprint density at radius 1 is 1.25 bits per heavy atom. The first-order chi connectivity index (χ1) is 3.91. The summed E-state index contributed by atoms with van der Waals surface area (Å²) in [4.78, 5) is 0. The lowest BCUT2D eigenvalue weighted by Crippen LogP contribution is -2.24. The Morgan fingerprint density at radius 3 is 2.50 bits per heavy atom. The van der Waals surface area contributed by atoms with Crippen LogP contribution in [0, 0.1) is 12.0 Å². The number of hydrogen-bond donors (Lipinski definition) is 1. The smallest absolute Gasteiger partial charge is 0.0226 e. The third-order valence-electron chi connectivity index (χ3n) is 2.44. The van der Waals surface area contributed by atoms with E-state index in [1.54, 1.807) is 0 Å². The molecule has 8 heavy (non-hydrogen) atoms. The highest BCUT2D eigenvalue weighted by atomic mass is 14.9. The van der Waals surface area contributed by atoms with Gasteiger partial charge in [-0.25, -0.2) is 0 Å². The summed E-state index contributed by atoms with van der Waals surface area (Å²) in [6, 6.07) is 0. The fraction of sp³-hybridized carbons (Fsp3) is 0.857. The highest BCUT2D eigenvalue weighted by Crippen LogP contribution is 2.53. The quantitative estimate of drug-likeness (QED) is 0.495. The van der Waals surface area contributed by atoms with Gasteiger partial charge in [0.25, 0.3) is 0 Å². The molecule has 1 nitrogen and oxygen atoms in total. The summed E-state index contributed by atoms with van der Waals surface area (Å²) in [6.45, 7) is 3.45. The summed E-state index contributed by atoms with van der Waals surface area (Å²) >= 11 is 0. The van der Waals surface area contributed by atoms with E-state index in [0.29, 0.717) is 0 Å². The topological polar surface area (TPSA) is 12.0 Å². The molecule has 0 atom stereocenters. The van der Waals surface area contributed by atoms with E-state index in [0.717, 1.165) is 5.41 Å². The van der Waals surface area contributed by atoms with Crippen LogP contribution in [-0.4, -0.2) is 6.54 Å². The molecule has 1 N–H and O–H groups in total. The third kappa shape index (κ3) is 0.655. The summed E-state index contributed by atoms with van der Waals surface area (Å²) in [7, 11) is 0. The maximum absolute atomic E-state index is 3.26. The first-order valence-corrected chi connectivity index (χ1v) is 3.46. The summed E-state index contributed by atoms with van der Waals surface area (Å²) in [5, 5.41) is 3.26. The van der Waals surface area contributed by atoms with E-state index in [1.807, 2.05) is 0 Å². The van der Waals surface area contributed by atoms with E-state index >= 15 is 0 Å². The standard InChI is InChI=1S/C7H12N/c1-2-7(1)3-5-8-6-4-7/h5,8H,1-4,6H2. The van der Waals surface area contributed by atoms with Crippen molar-refractivity contribution in [3.63, 3.8) is 0 Å². The maximum atomic E-state index is 3.26. The Bertz CT molecular complexity index is 86.6. The van der Waals surface area contributed by atoms with Crippen LogP contribution < -0.4 is 5.32 Å². The molecule has 2 aliphatic rings. The molecule has 0 amide bonds. The van der Waals surface area contributed by atoms with Gasteiger partial charge in [0.2, 0.25) is 0 Å². The zero-order chi connectivity index (χ0) is 5.45. The number of nitrogens with one attached hydrogen (secondary N) is 1. The Morgan fingerprint density at radius 2 is 2.12 bits per heavy atom. The highest BCUT2D eigenvalue weighted by molar-refractivity contribution is 4.99. The Balaban J connectivity index is 1.95. The fourth-order valence-electron chi connectivity index (χ4n) is 1.46. The van der Waals surface area contributed by atoms with Crippen LogP contribution in [0.2, 0.25) is 0 Å². The molecular weight excluding hydrogens is 98.1 g/mol. The van der Waals surface area contributed by atoms with E-state index in [2.05, 4.69) is 11.9 Å². The summed E-state index contributed by atoms with van der Waals surface area (Å²) in [6.07, 6.45) is 5.73. The Labute approximate surface area is 50.5 Å². The van der Waals surface area contributed by atoms with Gasteiger partial charge in [0, 0.05) is 6.54 Å². The van der Waals surface area contributed by atoms with Gasteiger partial charge in [-0.1, -0.05) is 0 Å². The predicted octanol–water partition coefficient (Wildman–Crippen LogP) is 1.31. The van der Waals surface area contributed by atoms with E-state index in [9.17, 15) is 0 Å². The average molecular weight is 110 g/mol. The van der Waals surface area contributed by atoms with Gasteiger partial charge in [-0.05, 0) is 37.6 Å². The zero-order valence-electron chi connectivity index (χ0n) is 5.11. The van der Waals surface area contributed by atoms with Crippen molar-refractivity contribution in [2.75, 3.05) is 6.54 Å². The van der Waals surface area contributed by atoms with Crippen LogP contribution in [0.25, 0.3) is 0 Å². The molecule has 0 bridgehead atoms. The van der Waals surface area contributed by atoms with Crippen LogP contribution in [0.5, 0.6) is 0 Å². The minimum absolute atomic E-state index is 0.811. The molecule has 45 valence electrons. The van der Waals surface area contributed by atoms with Gasteiger partial charge in [-0.2, -0.15) is 0 Å². The summed E-state index contributed by atoms with van der Waals surface area (Å²) in [5.41, 5.74) is 0.811. The molecule has 1 saturated carbocycles. The molecule has 1 saturated heterocycles. The van der Waals surface area contributed by atoms with Gasteiger partial charge in [0.15, 0.2) is 0 Å². The molecular formula is C7H12N. The van der Waals surface area contributed by atoms with Crippen molar-refractivity contribution in [3.05, 3.63) is 6.54 Å². The molecule has 0 unspecified atom stereocenters. The molecule has 2 rings (SSSR count). The molecule has 2 fully saturated rings. The van der Waals surface area contributed by atoms with Gasteiger partial charge in [0.1, 0.15) is 0 Å². The second kappa shape index (κ2) is 1.47. The van der Waals surface area contributed by atoms with Crippen molar-refractivity contribution >= 4 is 0 Å². The normalized spacial score (nSPS) is 33.0. The SMILES string of the molecule is [CH]1CC2(CCN1)CC2. The second-order valence-corrected chi connectivity index (χ2v) is 3.11. The largest absolute Gasteiger partial charge is 0.312 e. The van der Waals surface area contributed by atoms with Crippen molar-refractivity contribution in [1.29, 1.82) is 0 Å². The second-order valence-electron chi connectivity index (χ2n) is 3.11. The van der Waals surface area contributed by atoms with Crippen LogP contribution in [0.4, 0.5) is 0 Å². The first-order valence-electron chi connectivity index (χ1n) is 3.46. The molecule has 1 heterocycles. The van der Waals surface area contributed by atoms with Crippen molar-refractivity contribution < 1.29 is 0 Å². The van der Waals surface area contributed by atoms with E-state index in [1.165, 1.54) is 32.2 Å². The molecule has 0 aromatic heterocycles. The Kier molecular flexibility index (Phi) is 0.884. The molecule has 0 aromatic carbocycles. The summed E-state index contributed by atoms with van der Waals surface area (Å²) < 4.78 is 0. The molecule has 1 heteroatoms. The van der Waals surface area contributed by atoms with E-state index in [-0.39, 0.29) is 0 Å². The van der Waals surface area contributed by atoms with Crippen LogP contribution in [-0.2, 0) is 0 Å². The maximum Gasteiger partial charge on any atom is 0.0226 e. The molecule has 1 aliphatic heterocycles. The van der Waals surface area contributed by atoms with Crippen LogP contribution >= 0.6 is 0 Å². The molecule has 1 spiro atoms.